The molecule has 0 amide bonds. The van der Waals surface area contributed by atoms with Gasteiger partial charge in [0, 0.05) is 11.5 Å². The molecule has 0 aromatic rings. The summed E-state index contributed by atoms with van der Waals surface area (Å²) in [5.74, 6) is -2.79. The van der Waals surface area contributed by atoms with Gasteiger partial charge in [0.1, 0.15) is 12.1 Å². The van der Waals surface area contributed by atoms with Crippen LogP contribution in [0.5, 0.6) is 0 Å². The van der Waals surface area contributed by atoms with E-state index < -0.39 is 34.3 Å². The minimum Gasteiger partial charge on any atom is -0.480 e. The van der Waals surface area contributed by atoms with E-state index in [1.165, 1.54) is 4.72 Å². The molecule has 0 aromatic heterocycles. The molecule has 0 fully saturated rings. The Balaban J connectivity index is 4.07. The second-order valence-corrected chi connectivity index (χ2v) is 6.74. The first-order chi connectivity index (χ1) is 8.13. The smallest absolute Gasteiger partial charge is 0.334 e. The first-order valence-corrected chi connectivity index (χ1v) is 8.26. The second kappa shape index (κ2) is 7.81. The Kier molecular flexibility index (Phi) is 7.58. The summed E-state index contributed by atoms with van der Waals surface area (Å²) in [5, 5.41) is 17.1. The summed E-state index contributed by atoms with van der Waals surface area (Å²) in [5.41, 5.74) is 5.19. The highest BCUT2D eigenvalue weighted by atomic mass is 33.1. The van der Waals surface area contributed by atoms with Crippen LogP contribution in [0.4, 0.5) is 0 Å². The summed E-state index contributed by atoms with van der Waals surface area (Å²) in [6, 6.07) is -2.58. The van der Waals surface area contributed by atoms with Crippen molar-refractivity contribution in [2.75, 3.05) is 11.5 Å². The third kappa shape index (κ3) is 8.54. The van der Waals surface area contributed by atoms with Gasteiger partial charge in [-0.15, -0.1) is 0 Å². The lowest BCUT2D eigenvalue weighted by Crippen LogP contribution is -2.42. The molecule has 0 rings (SSSR count). The van der Waals surface area contributed by atoms with Crippen LogP contribution >= 0.6 is 21.6 Å². The molecule has 0 radical (unpaired) electrons. The van der Waals surface area contributed by atoms with Gasteiger partial charge >= 0.3 is 22.2 Å². The van der Waals surface area contributed by atoms with Crippen LogP contribution in [-0.4, -0.2) is 58.7 Å². The molecule has 0 aliphatic carbocycles. The van der Waals surface area contributed by atoms with E-state index in [1.807, 2.05) is 0 Å². The standard InChI is InChI=1S/C6H12N2O7S3/c7-3(5(9)10)1-16-17-2-4(6(11)12)8-18(13,14)15/h3-4,8H,1-2,7H2,(H,9,10)(H,11,12)(H,13,14,15)/t3?,4-/m0/s1. The Hall–Kier alpha value is -0.530. The number of carboxylic acid groups (broad SMARTS) is 2. The fraction of sp³-hybridized carbons (Fsp3) is 0.667. The SMILES string of the molecule is NC(CSSC[C@H](NS(=O)(=O)O)C(=O)O)C(=O)O. The van der Waals surface area contributed by atoms with Crippen molar-refractivity contribution in [3.63, 3.8) is 0 Å². The van der Waals surface area contributed by atoms with Crippen LogP contribution in [0.1, 0.15) is 0 Å². The van der Waals surface area contributed by atoms with Crippen molar-refractivity contribution in [2.24, 2.45) is 5.73 Å². The van der Waals surface area contributed by atoms with Crippen molar-refractivity contribution in [2.45, 2.75) is 12.1 Å². The fourth-order valence-corrected chi connectivity index (χ4v) is 3.56. The van der Waals surface area contributed by atoms with E-state index in [9.17, 15) is 18.0 Å². The molecular formula is C6H12N2O7S3. The van der Waals surface area contributed by atoms with E-state index in [0.717, 1.165) is 21.6 Å². The number of aliphatic carboxylic acids is 2. The molecule has 0 aromatic carbocycles. The average molecular weight is 320 g/mol. The van der Waals surface area contributed by atoms with Gasteiger partial charge in [-0.2, -0.15) is 13.1 Å². The molecule has 0 bridgehead atoms. The molecule has 9 nitrogen and oxygen atoms in total. The summed E-state index contributed by atoms with van der Waals surface area (Å²) in [7, 11) is -2.68. The van der Waals surface area contributed by atoms with Crippen LogP contribution in [-0.2, 0) is 19.9 Å². The highest BCUT2D eigenvalue weighted by Gasteiger charge is 2.23. The summed E-state index contributed by atoms with van der Waals surface area (Å²) in [6.45, 7) is 0. The zero-order chi connectivity index (χ0) is 14.3. The molecule has 2 atom stereocenters. The molecule has 0 saturated heterocycles. The van der Waals surface area contributed by atoms with E-state index in [-0.39, 0.29) is 11.5 Å². The number of hydrogen-bond acceptors (Lipinski definition) is 7. The minimum atomic E-state index is -4.61. The lowest BCUT2D eigenvalue weighted by molar-refractivity contribution is -0.139. The fourth-order valence-electron chi connectivity index (χ4n) is 0.644. The third-order valence-corrected chi connectivity index (χ3v) is 4.50. The van der Waals surface area contributed by atoms with Crippen LogP contribution in [0.2, 0.25) is 0 Å². The lowest BCUT2D eigenvalue weighted by Gasteiger charge is -2.11. The number of nitrogens with two attached hydrogens (primary N) is 1. The van der Waals surface area contributed by atoms with Crippen molar-refractivity contribution in [1.29, 1.82) is 0 Å². The first kappa shape index (κ1) is 17.5. The molecule has 0 aliphatic rings. The predicted molar refractivity (Wildman–Crippen MR) is 66.6 cm³/mol. The lowest BCUT2D eigenvalue weighted by atomic mass is 10.4. The maximum atomic E-state index is 10.6. The Labute approximate surface area is 111 Å². The van der Waals surface area contributed by atoms with E-state index in [1.54, 1.807) is 0 Å². The van der Waals surface area contributed by atoms with Crippen LogP contribution in [0, 0.1) is 0 Å². The zero-order valence-electron chi connectivity index (χ0n) is 8.85. The number of nitrogens with one attached hydrogen (secondary N) is 1. The Morgan fingerprint density at radius 3 is 2.06 bits per heavy atom. The quantitative estimate of drug-likeness (QED) is 0.194. The van der Waals surface area contributed by atoms with Crippen molar-refractivity contribution in [1.82, 2.24) is 4.72 Å². The maximum absolute atomic E-state index is 10.6. The Bertz CT molecular complexity index is 398. The third-order valence-electron chi connectivity index (χ3n) is 1.47. The van der Waals surface area contributed by atoms with Gasteiger partial charge in [-0.3, -0.25) is 14.1 Å². The second-order valence-electron chi connectivity index (χ2n) is 3.00. The van der Waals surface area contributed by atoms with Crippen LogP contribution < -0.4 is 10.5 Å². The minimum absolute atomic E-state index is 0.0399. The zero-order valence-corrected chi connectivity index (χ0v) is 11.3. The van der Waals surface area contributed by atoms with Crippen molar-refractivity contribution in [3.8, 4) is 0 Å². The van der Waals surface area contributed by atoms with Gasteiger partial charge in [0.2, 0.25) is 0 Å². The number of carboxylic acids is 2. The van der Waals surface area contributed by atoms with E-state index in [4.69, 9.17) is 20.5 Å². The molecular weight excluding hydrogens is 308 g/mol. The summed E-state index contributed by atoms with van der Waals surface area (Å²) in [6.07, 6.45) is 0. The molecule has 12 heteroatoms. The largest absolute Gasteiger partial charge is 0.480 e. The van der Waals surface area contributed by atoms with Gasteiger partial charge < -0.3 is 15.9 Å². The predicted octanol–water partition coefficient (Wildman–Crippen LogP) is -1.37. The summed E-state index contributed by atoms with van der Waals surface area (Å²) in [4.78, 5) is 21.0. The molecule has 6 N–H and O–H groups in total. The van der Waals surface area contributed by atoms with Gasteiger partial charge in [0.15, 0.2) is 0 Å². The van der Waals surface area contributed by atoms with Crippen LogP contribution in [0.25, 0.3) is 0 Å². The molecule has 0 heterocycles. The van der Waals surface area contributed by atoms with E-state index in [2.05, 4.69) is 0 Å². The highest BCUT2D eigenvalue weighted by molar-refractivity contribution is 8.76. The van der Waals surface area contributed by atoms with Crippen LogP contribution in [0.3, 0.4) is 0 Å². The summed E-state index contributed by atoms with van der Waals surface area (Å²) >= 11 is 0. The van der Waals surface area contributed by atoms with E-state index >= 15 is 0 Å². The maximum Gasteiger partial charge on any atom is 0.334 e. The van der Waals surface area contributed by atoms with E-state index in [0.29, 0.717) is 0 Å². The monoisotopic (exact) mass is 320 g/mol. The number of rotatable bonds is 9. The molecule has 0 aliphatic heterocycles. The molecule has 1 unspecified atom stereocenters. The first-order valence-electron chi connectivity index (χ1n) is 4.34. The highest BCUT2D eigenvalue weighted by Crippen LogP contribution is 2.22. The van der Waals surface area contributed by atoms with Gasteiger partial charge in [-0.25, -0.2) is 0 Å². The Morgan fingerprint density at radius 1 is 1.17 bits per heavy atom. The van der Waals surface area contributed by atoms with Crippen molar-refractivity contribution >= 4 is 43.8 Å². The van der Waals surface area contributed by atoms with Gasteiger partial charge in [-0.05, 0) is 0 Å². The molecule has 18 heavy (non-hydrogen) atoms. The van der Waals surface area contributed by atoms with Gasteiger partial charge in [0.25, 0.3) is 0 Å². The topological polar surface area (TPSA) is 167 Å². The van der Waals surface area contributed by atoms with Crippen molar-refractivity contribution < 1.29 is 32.8 Å². The molecule has 0 saturated carbocycles. The normalized spacial score (nSPS) is 15.0. The Morgan fingerprint density at radius 2 is 1.67 bits per heavy atom. The number of carbonyl (C=O) groups is 2. The average Bonchev–Trinajstić information content (AvgIpc) is 2.19. The summed E-state index contributed by atoms with van der Waals surface area (Å²) < 4.78 is 30.8. The van der Waals surface area contributed by atoms with Gasteiger partial charge in [-0.1, -0.05) is 21.6 Å². The molecule has 106 valence electrons. The molecule has 0 spiro atoms. The van der Waals surface area contributed by atoms with Crippen molar-refractivity contribution in [3.05, 3.63) is 0 Å². The van der Waals surface area contributed by atoms with Crippen LogP contribution in [0.15, 0.2) is 0 Å². The van der Waals surface area contributed by atoms with Gasteiger partial charge in [0.05, 0.1) is 0 Å². The number of hydrogen-bond donors (Lipinski definition) is 5.